The predicted molar refractivity (Wildman–Crippen MR) is 136 cm³/mol. The quantitative estimate of drug-likeness (QED) is 0.364. The summed E-state index contributed by atoms with van der Waals surface area (Å²) in [4.78, 5) is 25.0. The van der Waals surface area contributed by atoms with Crippen LogP contribution in [0.2, 0.25) is 0 Å². The summed E-state index contributed by atoms with van der Waals surface area (Å²) < 4.78 is 6.19. The van der Waals surface area contributed by atoms with Crippen molar-refractivity contribution in [3.8, 4) is 17.1 Å². The number of carboxylic acid groups (broad SMARTS) is 1. The molecule has 6 nitrogen and oxygen atoms in total. The number of benzene rings is 3. The van der Waals surface area contributed by atoms with E-state index in [0.717, 1.165) is 39.6 Å². The topological polar surface area (TPSA) is 103 Å². The van der Waals surface area contributed by atoms with E-state index in [4.69, 9.17) is 4.42 Å². The van der Waals surface area contributed by atoms with Crippen LogP contribution in [0.3, 0.4) is 0 Å². The van der Waals surface area contributed by atoms with E-state index in [0.29, 0.717) is 23.5 Å². The van der Waals surface area contributed by atoms with Crippen LogP contribution in [0.15, 0.2) is 76.7 Å². The fraction of sp³-hybridized carbons (Fsp3) is 0.200. The van der Waals surface area contributed by atoms with Crippen molar-refractivity contribution >= 4 is 33.8 Å². The molecule has 4 aromatic rings. The molecule has 2 N–H and O–H groups in total. The lowest BCUT2D eigenvalue weighted by Crippen LogP contribution is -2.33. The van der Waals surface area contributed by atoms with Crippen LogP contribution in [0.25, 0.3) is 27.7 Å². The van der Waals surface area contributed by atoms with Crippen LogP contribution >= 0.6 is 0 Å². The highest BCUT2D eigenvalue weighted by molar-refractivity contribution is 6.12. The lowest BCUT2D eigenvalue weighted by molar-refractivity contribution is -0.268. The minimum absolute atomic E-state index is 0.0964. The minimum atomic E-state index is -1.28. The number of allylic oxidation sites excluding steroid dienone is 1. The SMILES string of the molecule is CC1(C)CC(=O)C2=C(C1)c1c(ccc3ccccc13)N[C@@H]2c1ccc(-c2ccc([O-])c(C(=O)O)c2)o1. The summed E-state index contributed by atoms with van der Waals surface area (Å²) >= 11 is 0. The highest BCUT2D eigenvalue weighted by Crippen LogP contribution is 2.52. The number of rotatable bonds is 3. The van der Waals surface area contributed by atoms with Gasteiger partial charge in [-0.3, -0.25) is 4.79 Å². The molecule has 6 rings (SSSR count). The first-order chi connectivity index (χ1) is 17.2. The number of anilines is 1. The van der Waals surface area contributed by atoms with E-state index in [1.54, 1.807) is 12.1 Å². The van der Waals surface area contributed by atoms with Crippen molar-refractivity contribution in [3.63, 3.8) is 0 Å². The third-order valence-electron chi connectivity index (χ3n) is 7.15. The Bertz CT molecular complexity index is 1610. The van der Waals surface area contributed by atoms with Gasteiger partial charge in [-0.1, -0.05) is 62.1 Å². The second-order valence-electron chi connectivity index (χ2n) is 10.3. The first-order valence-electron chi connectivity index (χ1n) is 11.9. The zero-order valence-electron chi connectivity index (χ0n) is 19.9. The van der Waals surface area contributed by atoms with Gasteiger partial charge in [-0.05, 0) is 52.4 Å². The number of fused-ring (bicyclic) bond motifs is 4. The largest absolute Gasteiger partial charge is 0.872 e. The summed E-state index contributed by atoms with van der Waals surface area (Å²) in [6, 6.07) is 19.5. The predicted octanol–water partition coefficient (Wildman–Crippen LogP) is 6.18. The molecule has 2 aliphatic rings. The number of hydrogen-bond acceptors (Lipinski definition) is 5. The van der Waals surface area contributed by atoms with Gasteiger partial charge in [0, 0.05) is 28.8 Å². The van der Waals surface area contributed by atoms with Crippen molar-refractivity contribution in [2.24, 2.45) is 5.41 Å². The van der Waals surface area contributed by atoms with Crippen molar-refractivity contribution in [1.82, 2.24) is 0 Å². The van der Waals surface area contributed by atoms with Gasteiger partial charge in [-0.25, -0.2) is 4.79 Å². The van der Waals surface area contributed by atoms with Gasteiger partial charge < -0.3 is 19.9 Å². The van der Waals surface area contributed by atoms with Crippen LogP contribution in [-0.4, -0.2) is 16.9 Å². The van der Waals surface area contributed by atoms with Crippen LogP contribution in [0.5, 0.6) is 5.75 Å². The number of furan rings is 1. The monoisotopic (exact) mass is 478 g/mol. The van der Waals surface area contributed by atoms with E-state index in [-0.39, 0.29) is 16.8 Å². The molecule has 36 heavy (non-hydrogen) atoms. The molecule has 0 unspecified atom stereocenters. The van der Waals surface area contributed by atoms with Crippen LogP contribution < -0.4 is 10.4 Å². The molecule has 1 aliphatic heterocycles. The van der Waals surface area contributed by atoms with Crippen molar-refractivity contribution in [1.29, 1.82) is 0 Å². The Hall–Kier alpha value is -4.32. The van der Waals surface area contributed by atoms with Gasteiger partial charge in [-0.15, -0.1) is 0 Å². The number of carbonyl (C=O) groups is 2. The fourth-order valence-corrected chi connectivity index (χ4v) is 5.56. The maximum Gasteiger partial charge on any atom is 0.335 e. The molecule has 2 heterocycles. The van der Waals surface area contributed by atoms with E-state index in [2.05, 4.69) is 43.4 Å². The second-order valence-corrected chi connectivity index (χ2v) is 10.3. The van der Waals surface area contributed by atoms with E-state index in [1.165, 1.54) is 12.1 Å². The van der Waals surface area contributed by atoms with Gasteiger partial charge in [-0.2, -0.15) is 0 Å². The van der Waals surface area contributed by atoms with Crippen molar-refractivity contribution < 1.29 is 24.2 Å². The number of hydrogen-bond donors (Lipinski definition) is 2. The first kappa shape index (κ1) is 22.2. The molecule has 1 aromatic heterocycles. The summed E-state index contributed by atoms with van der Waals surface area (Å²) in [5.74, 6) is -0.742. The maximum atomic E-state index is 13.6. The summed E-state index contributed by atoms with van der Waals surface area (Å²) in [6.07, 6.45) is 1.22. The third kappa shape index (κ3) is 3.49. The lowest BCUT2D eigenvalue weighted by Gasteiger charge is -2.39. The van der Waals surface area contributed by atoms with E-state index < -0.39 is 17.8 Å². The molecule has 0 fully saturated rings. The smallest absolute Gasteiger partial charge is 0.335 e. The normalized spacial score (nSPS) is 18.5. The number of carbonyl (C=O) groups excluding carboxylic acids is 1. The number of nitrogens with one attached hydrogen (secondary N) is 1. The summed E-state index contributed by atoms with van der Waals surface area (Å²) in [5, 5.41) is 27.0. The van der Waals surface area contributed by atoms with E-state index in [9.17, 15) is 19.8 Å². The van der Waals surface area contributed by atoms with Crippen LogP contribution in [0, 0.1) is 5.41 Å². The lowest BCUT2D eigenvalue weighted by atomic mass is 9.68. The Morgan fingerprint density at radius 1 is 1.06 bits per heavy atom. The molecule has 180 valence electrons. The zero-order valence-corrected chi connectivity index (χ0v) is 19.9. The average Bonchev–Trinajstić information content (AvgIpc) is 3.32. The van der Waals surface area contributed by atoms with Gasteiger partial charge >= 0.3 is 5.97 Å². The Morgan fingerprint density at radius 2 is 1.86 bits per heavy atom. The standard InChI is InChI=1S/C30H25NO5/c1-30(2)14-20-26-18-6-4-3-5-16(18)7-9-21(26)31-28(27(20)23(33)15-30)25-12-11-24(36-25)17-8-10-22(32)19(13-17)29(34)35/h3-13,28,31-32H,14-15H2,1-2H3,(H,34,35)/p-1/t28-/m1/s1. The molecule has 0 spiro atoms. The molecule has 1 aliphatic carbocycles. The highest BCUT2D eigenvalue weighted by atomic mass is 16.4. The minimum Gasteiger partial charge on any atom is -0.872 e. The van der Waals surface area contributed by atoms with E-state index in [1.807, 2.05) is 18.2 Å². The molecule has 6 heteroatoms. The third-order valence-corrected chi connectivity index (χ3v) is 7.15. The Morgan fingerprint density at radius 3 is 2.67 bits per heavy atom. The number of carboxylic acids is 1. The maximum absolute atomic E-state index is 13.6. The number of Topliss-reactive ketones (excluding diaryl/α,β-unsaturated/α-hetero) is 1. The summed E-state index contributed by atoms with van der Waals surface area (Å²) in [7, 11) is 0. The molecular weight excluding hydrogens is 454 g/mol. The zero-order chi connectivity index (χ0) is 25.2. The van der Waals surface area contributed by atoms with Gasteiger partial charge in [0.1, 0.15) is 17.6 Å². The van der Waals surface area contributed by atoms with Crippen molar-refractivity contribution in [2.75, 3.05) is 5.32 Å². The van der Waals surface area contributed by atoms with Crippen LogP contribution in [0.4, 0.5) is 5.69 Å². The molecule has 0 saturated carbocycles. The summed E-state index contributed by atoms with van der Waals surface area (Å²) in [5.41, 5.74) is 3.82. The van der Waals surface area contributed by atoms with Crippen molar-refractivity contribution in [2.45, 2.75) is 32.7 Å². The fourth-order valence-electron chi connectivity index (χ4n) is 5.56. The van der Waals surface area contributed by atoms with Gasteiger partial charge in [0.25, 0.3) is 0 Å². The number of aromatic carboxylic acids is 1. The number of ketones is 1. The second kappa shape index (κ2) is 7.85. The average molecular weight is 479 g/mol. The summed E-state index contributed by atoms with van der Waals surface area (Å²) in [6.45, 7) is 4.25. The van der Waals surface area contributed by atoms with Gasteiger partial charge in [0.2, 0.25) is 0 Å². The molecule has 0 bridgehead atoms. The van der Waals surface area contributed by atoms with Crippen molar-refractivity contribution in [3.05, 3.63) is 89.2 Å². The van der Waals surface area contributed by atoms with Crippen LogP contribution in [-0.2, 0) is 4.79 Å². The molecule has 3 aromatic carbocycles. The Labute approximate surface area is 207 Å². The van der Waals surface area contributed by atoms with E-state index >= 15 is 0 Å². The molecule has 0 saturated heterocycles. The highest BCUT2D eigenvalue weighted by Gasteiger charge is 2.41. The molecule has 0 amide bonds. The molecular formula is C30H24NO5-. The van der Waals surface area contributed by atoms with Crippen LogP contribution in [0.1, 0.15) is 54.4 Å². The van der Waals surface area contributed by atoms with Gasteiger partial charge in [0.15, 0.2) is 5.78 Å². The molecule has 1 atom stereocenters. The Balaban J connectivity index is 1.50. The molecule has 0 radical (unpaired) electrons. The first-order valence-corrected chi connectivity index (χ1v) is 11.9. The Kier molecular flexibility index (Phi) is 4.83. The van der Waals surface area contributed by atoms with Gasteiger partial charge in [0.05, 0.1) is 5.56 Å².